The van der Waals surface area contributed by atoms with Crippen molar-refractivity contribution in [3.8, 4) is 5.88 Å². The fraction of sp³-hybridized carbons (Fsp3) is 0.412. The van der Waals surface area contributed by atoms with Crippen LogP contribution in [0.5, 0.6) is 5.88 Å². The molecule has 0 aliphatic heterocycles. The second kappa shape index (κ2) is 9.69. The standard InChI is InChI=1S/C17H21F3N4O2/c1-2-21-16(23-9-7-14-6-4-10-25-14)24-11-13-5-3-8-22-15(13)26-12-17(18,19)20/h3-6,8,10H,2,7,9,11-12H2,1H3,(H2,21,23,24). The van der Waals surface area contributed by atoms with Crippen LogP contribution in [0.1, 0.15) is 18.2 Å². The van der Waals surface area contributed by atoms with E-state index in [-0.39, 0.29) is 12.4 Å². The van der Waals surface area contributed by atoms with E-state index in [1.165, 1.54) is 6.20 Å². The molecule has 0 radical (unpaired) electrons. The maximum Gasteiger partial charge on any atom is 0.422 e. The highest BCUT2D eigenvalue weighted by atomic mass is 19.4. The first kappa shape index (κ1) is 19.6. The number of alkyl halides is 3. The van der Waals surface area contributed by atoms with E-state index >= 15 is 0 Å². The van der Waals surface area contributed by atoms with Crippen molar-refractivity contribution in [1.29, 1.82) is 0 Å². The SMILES string of the molecule is CCNC(=NCc1cccnc1OCC(F)(F)F)NCCc1ccco1. The van der Waals surface area contributed by atoms with E-state index in [0.717, 1.165) is 5.76 Å². The van der Waals surface area contributed by atoms with Gasteiger partial charge in [0.25, 0.3) is 0 Å². The second-order valence-corrected chi connectivity index (χ2v) is 5.32. The summed E-state index contributed by atoms with van der Waals surface area (Å²) < 4.78 is 47.0. The van der Waals surface area contributed by atoms with Crippen molar-refractivity contribution >= 4 is 5.96 Å². The Labute approximate surface area is 149 Å². The molecule has 2 aromatic heterocycles. The summed E-state index contributed by atoms with van der Waals surface area (Å²) in [6.07, 6.45) is -0.740. The van der Waals surface area contributed by atoms with Crippen LogP contribution in [-0.4, -0.2) is 36.8 Å². The van der Waals surface area contributed by atoms with Gasteiger partial charge < -0.3 is 19.8 Å². The molecule has 6 nitrogen and oxygen atoms in total. The molecular weight excluding hydrogens is 349 g/mol. The number of furan rings is 1. The van der Waals surface area contributed by atoms with Crippen LogP contribution in [-0.2, 0) is 13.0 Å². The molecule has 0 amide bonds. The number of nitrogens with zero attached hydrogens (tertiary/aromatic N) is 2. The van der Waals surface area contributed by atoms with Crippen molar-refractivity contribution < 1.29 is 22.3 Å². The van der Waals surface area contributed by atoms with E-state index < -0.39 is 12.8 Å². The van der Waals surface area contributed by atoms with Crippen molar-refractivity contribution in [1.82, 2.24) is 15.6 Å². The van der Waals surface area contributed by atoms with Crippen LogP contribution in [0, 0.1) is 0 Å². The molecule has 2 N–H and O–H groups in total. The molecule has 9 heteroatoms. The molecular formula is C17H21F3N4O2. The Hall–Kier alpha value is -2.71. The zero-order valence-corrected chi connectivity index (χ0v) is 14.3. The van der Waals surface area contributed by atoms with Crippen LogP contribution in [0.4, 0.5) is 13.2 Å². The number of nitrogens with one attached hydrogen (secondary N) is 2. The van der Waals surface area contributed by atoms with Crippen LogP contribution >= 0.6 is 0 Å². The molecule has 0 atom stereocenters. The number of rotatable bonds is 8. The summed E-state index contributed by atoms with van der Waals surface area (Å²) in [5.74, 6) is 1.33. The third-order valence-corrected chi connectivity index (χ3v) is 3.22. The number of guanidine groups is 1. The summed E-state index contributed by atoms with van der Waals surface area (Å²) in [6, 6.07) is 6.96. The minimum Gasteiger partial charge on any atom is -0.469 e. The first-order valence-corrected chi connectivity index (χ1v) is 8.16. The van der Waals surface area contributed by atoms with Crippen LogP contribution < -0.4 is 15.4 Å². The molecule has 0 unspecified atom stereocenters. The smallest absolute Gasteiger partial charge is 0.422 e. The van der Waals surface area contributed by atoms with Gasteiger partial charge in [-0.05, 0) is 25.1 Å². The molecule has 0 aliphatic rings. The van der Waals surface area contributed by atoms with Crippen LogP contribution in [0.2, 0.25) is 0 Å². The van der Waals surface area contributed by atoms with Crippen molar-refractivity contribution in [3.63, 3.8) is 0 Å². The second-order valence-electron chi connectivity index (χ2n) is 5.32. The average Bonchev–Trinajstić information content (AvgIpc) is 3.11. The lowest BCUT2D eigenvalue weighted by molar-refractivity contribution is -0.154. The van der Waals surface area contributed by atoms with E-state index in [0.29, 0.717) is 31.0 Å². The number of halogens is 3. The van der Waals surface area contributed by atoms with Gasteiger partial charge >= 0.3 is 6.18 Å². The molecule has 0 fully saturated rings. The number of pyridine rings is 1. The maximum absolute atomic E-state index is 12.3. The molecule has 2 aromatic rings. The Morgan fingerprint density at radius 1 is 1.27 bits per heavy atom. The molecule has 0 saturated carbocycles. The normalized spacial score (nSPS) is 12.1. The third kappa shape index (κ3) is 7.04. The van der Waals surface area contributed by atoms with Gasteiger partial charge in [0.2, 0.25) is 5.88 Å². The van der Waals surface area contributed by atoms with Gasteiger partial charge in [-0.2, -0.15) is 13.2 Å². The van der Waals surface area contributed by atoms with E-state index in [1.54, 1.807) is 18.4 Å². The van der Waals surface area contributed by atoms with Crippen LogP contribution in [0.15, 0.2) is 46.1 Å². The molecule has 2 rings (SSSR count). The number of aliphatic imine (C=N–C) groups is 1. The van der Waals surface area contributed by atoms with Gasteiger partial charge in [0.1, 0.15) is 5.76 Å². The first-order valence-electron chi connectivity index (χ1n) is 8.16. The van der Waals surface area contributed by atoms with Gasteiger partial charge in [-0.1, -0.05) is 6.07 Å². The van der Waals surface area contributed by atoms with Gasteiger partial charge in [-0.25, -0.2) is 9.98 Å². The zero-order chi connectivity index (χ0) is 18.8. The lowest BCUT2D eigenvalue weighted by Gasteiger charge is -2.13. The molecule has 0 spiro atoms. The predicted octanol–water partition coefficient (Wildman–Crippen LogP) is 2.91. The molecule has 0 aliphatic carbocycles. The number of hydrogen-bond acceptors (Lipinski definition) is 4. The van der Waals surface area contributed by atoms with E-state index in [4.69, 9.17) is 9.15 Å². The molecule has 26 heavy (non-hydrogen) atoms. The predicted molar refractivity (Wildman–Crippen MR) is 91.0 cm³/mol. The highest BCUT2D eigenvalue weighted by Crippen LogP contribution is 2.20. The highest BCUT2D eigenvalue weighted by molar-refractivity contribution is 5.79. The minimum atomic E-state index is -4.42. The molecule has 0 aromatic carbocycles. The van der Waals surface area contributed by atoms with E-state index in [2.05, 4.69) is 20.6 Å². The Morgan fingerprint density at radius 3 is 2.81 bits per heavy atom. The largest absolute Gasteiger partial charge is 0.469 e. The lowest BCUT2D eigenvalue weighted by Crippen LogP contribution is -2.38. The molecule has 0 bridgehead atoms. The van der Waals surface area contributed by atoms with Crippen molar-refractivity contribution in [3.05, 3.63) is 48.0 Å². The van der Waals surface area contributed by atoms with Crippen molar-refractivity contribution in [2.24, 2.45) is 4.99 Å². The van der Waals surface area contributed by atoms with Crippen LogP contribution in [0.3, 0.4) is 0 Å². The summed E-state index contributed by atoms with van der Waals surface area (Å²) in [5, 5.41) is 6.22. The zero-order valence-electron chi connectivity index (χ0n) is 14.3. The number of hydrogen-bond donors (Lipinski definition) is 2. The monoisotopic (exact) mass is 370 g/mol. The fourth-order valence-corrected chi connectivity index (χ4v) is 2.09. The lowest BCUT2D eigenvalue weighted by atomic mass is 10.3. The Kier molecular flexibility index (Phi) is 7.31. The van der Waals surface area contributed by atoms with Crippen molar-refractivity contribution in [2.45, 2.75) is 26.1 Å². The van der Waals surface area contributed by atoms with E-state index in [9.17, 15) is 13.2 Å². The Bertz CT molecular complexity index is 688. The summed E-state index contributed by atoms with van der Waals surface area (Å²) in [4.78, 5) is 8.23. The fourth-order valence-electron chi connectivity index (χ4n) is 2.09. The maximum atomic E-state index is 12.3. The Balaban J connectivity index is 1.95. The van der Waals surface area contributed by atoms with Gasteiger partial charge in [-0.15, -0.1) is 0 Å². The summed E-state index contributed by atoms with van der Waals surface area (Å²) in [7, 11) is 0. The Morgan fingerprint density at radius 2 is 2.12 bits per heavy atom. The summed E-state index contributed by atoms with van der Waals surface area (Å²) in [5.41, 5.74) is 0.472. The van der Waals surface area contributed by atoms with E-state index in [1.807, 2.05) is 19.1 Å². The topological polar surface area (TPSA) is 71.7 Å². The van der Waals surface area contributed by atoms with Gasteiger partial charge in [0.15, 0.2) is 12.6 Å². The van der Waals surface area contributed by atoms with Gasteiger partial charge in [0, 0.05) is 31.3 Å². The highest BCUT2D eigenvalue weighted by Gasteiger charge is 2.29. The average molecular weight is 370 g/mol. The van der Waals surface area contributed by atoms with Gasteiger partial charge in [-0.3, -0.25) is 0 Å². The molecule has 142 valence electrons. The third-order valence-electron chi connectivity index (χ3n) is 3.22. The van der Waals surface area contributed by atoms with Gasteiger partial charge in [0.05, 0.1) is 12.8 Å². The summed E-state index contributed by atoms with van der Waals surface area (Å²) in [6.45, 7) is 1.92. The summed E-state index contributed by atoms with van der Waals surface area (Å²) >= 11 is 0. The quantitative estimate of drug-likeness (QED) is 0.552. The molecule has 2 heterocycles. The first-order chi connectivity index (χ1) is 12.5. The minimum absolute atomic E-state index is 0.0694. The number of aromatic nitrogens is 1. The molecule has 0 saturated heterocycles. The number of ether oxygens (including phenoxy) is 1. The van der Waals surface area contributed by atoms with Crippen LogP contribution in [0.25, 0.3) is 0 Å². The van der Waals surface area contributed by atoms with Crippen molar-refractivity contribution in [2.75, 3.05) is 19.7 Å².